The highest BCUT2D eigenvalue weighted by Crippen LogP contribution is 2.46. The average molecular weight is 351 g/mol. The maximum absolute atomic E-state index is 11.0. The second-order valence-electron chi connectivity index (χ2n) is 6.12. The van der Waals surface area contributed by atoms with Crippen molar-refractivity contribution in [3.05, 3.63) is 78.3 Å². The summed E-state index contributed by atoms with van der Waals surface area (Å²) in [4.78, 5) is 19.1. The van der Waals surface area contributed by atoms with E-state index < -0.39 is 0 Å². The molecule has 1 aliphatic rings. The van der Waals surface area contributed by atoms with Gasteiger partial charge in [-0.25, -0.2) is 0 Å². The first kappa shape index (κ1) is 21.5. The molecule has 0 spiro atoms. The van der Waals surface area contributed by atoms with E-state index in [9.17, 15) is 4.79 Å². The van der Waals surface area contributed by atoms with Crippen LogP contribution in [0.2, 0.25) is 0 Å². The molecule has 2 atom stereocenters. The molecule has 0 radical (unpaired) electrons. The molecular weight excluding hydrogens is 320 g/mol. The summed E-state index contributed by atoms with van der Waals surface area (Å²) in [6.07, 6.45) is 4.42. The van der Waals surface area contributed by atoms with Gasteiger partial charge in [-0.05, 0) is 49.8 Å². The first-order valence-electron chi connectivity index (χ1n) is 9.20. The van der Waals surface area contributed by atoms with Gasteiger partial charge < -0.3 is 0 Å². The zero-order valence-electron chi connectivity index (χ0n) is 16.6. The van der Waals surface area contributed by atoms with Crippen molar-refractivity contribution in [3.8, 4) is 0 Å². The molecular formula is C23H30N2O. The minimum atomic E-state index is 0.0161. The Morgan fingerprint density at radius 2 is 1.77 bits per heavy atom. The molecule has 26 heavy (non-hydrogen) atoms. The van der Waals surface area contributed by atoms with Gasteiger partial charge in [0.1, 0.15) is 0 Å². The molecule has 0 aliphatic heterocycles. The second kappa shape index (κ2) is 11.1. The van der Waals surface area contributed by atoms with Crippen LogP contribution in [0.25, 0.3) is 0 Å². The molecule has 3 rings (SSSR count). The first-order chi connectivity index (χ1) is 12.5. The number of pyridine rings is 1. The van der Waals surface area contributed by atoms with Crippen molar-refractivity contribution in [1.82, 2.24) is 4.98 Å². The standard InChI is InChI=1S/C11H12N2O.C10H12.C2H6/c1-4-12-8(2)11-6-5-10(7-13-11)9(3)14;1-8-7-10(8)9-5-3-2-4-6-9;1-2/h4-7H,1H2,2-3H3;2-6,8,10H,7H2,1H3;1-2H3/t;8-,10?;/m.0./s1. The van der Waals surface area contributed by atoms with E-state index >= 15 is 0 Å². The lowest BCUT2D eigenvalue weighted by molar-refractivity contribution is 0.101. The van der Waals surface area contributed by atoms with Crippen molar-refractivity contribution < 1.29 is 4.79 Å². The van der Waals surface area contributed by atoms with Gasteiger partial charge in [-0.15, -0.1) is 0 Å². The Labute approximate surface area is 157 Å². The number of Topliss-reactive ketones (excluding diaryl/α,β-unsaturated/α-hetero) is 1. The molecule has 1 saturated carbocycles. The van der Waals surface area contributed by atoms with Gasteiger partial charge in [0.2, 0.25) is 0 Å². The molecule has 1 aromatic heterocycles. The Bertz CT molecular complexity index is 718. The largest absolute Gasteiger partial charge is 0.294 e. The maximum Gasteiger partial charge on any atom is 0.161 e. The third-order valence-corrected chi connectivity index (χ3v) is 4.16. The van der Waals surface area contributed by atoms with Crippen LogP contribution in [0.4, 0.5) is 0 Å². The van der Waals surface area contributed by atoms with Crippen LogP contribution in [0.5, 0.6) is 0 Å². The van der Waals surface area contributed by atoms with Crippen LogP contribution in [0.15, 0.2) is 66.4 Å². The first-order valence-corrected chi connectivity index (χ1v) is 9.20. The summed E-state index contributed by atoms with van der Waals surface area (Å²) in [5.74, 6) is 1.82. The van der Waals surface area contributed by atoms with Crippen LogP contribution < -0.4 is 0 Å². The molecule has 138 valence electrons. The number of carbonyl (C=O) groups excluding carboxylic acids is 1. The number of aliphatic imine (C=N–C) groups is 1. The van der Waals surface area contributed by atoms with Crippen molar-refractivity contribution >= 4 is 11.5 Å². The van der Waals surface area contributed by atoms with Gasteiger partial charge in [0.25, 0.3) is 0 Å². The fourth-order valence-electron chi connectivity index (χ4n) is 2.51. The predicted octanol–water partition coefficient (Wildman–Crippen LogP) is 6.07. The molecule has 1 aromatic carbocycles. The maximum atomic E-state index is 11.0. The Hall–Kier alpha value is -2.55. The fraction of sp³-hybridized carbons (Fsp3) is 0.348. The van der Waals surface area contributed by atoms with E-state index in [0.717, 1.165) is 23.2 Å². The number of nitrogens with zero attached hydrogens (tertiary/aromatic N) is 2. The SMILES string of the molecule is C=CN=C(C)c1ccc(C(C)=O)cn1.CC.C[C@H]1CC1c1ccccc1. The Morgan fingerprint density at radius 3 is 2.19 bits per heavy atom. The van der Waals surface area contributed by atoms with Gasteiger partial charge in [0.15, 0.2) is 5.78 Å². The number of benzene rings is 1. The van der Waals surface area contributed by atoms with Gasteiger partial charge in [-0.1, -0.05) is 57.7 Å². The zero-order chi connectivity index (χ0) is 19.5. The molecule has 3 heteroatoms. The molecule has 1 unspecified atom stereocenters. The lowest BCUT2D eigenvalue weighted by atomic mass is 10.1. The third-order valence-electron chi connectivity index (χ3n) is 4.16. The molecule has 0 bridgehead atoms. The number of hydrogen-bond donors (Lipinski definition) is 0. The van der Waals surface area contributed by atoms with E-state index in [1.54, 1.807) is 18.3 Å². The minimum absolute atomic E-state index is 0.0161. The van der Waals surface area contributed by atoms with E-state index in [2.05, 4.69) is 53.8 Å². The topological polar surface area (TPSA) is 42.3 Å². The van der Waals surface area contributed by atoms with E-state index in [1.807, 2.05) is 20.8 Å². The summed E-state index contributed by atoms with van der Waals surface area (Å²) in [6, 6.07) is 14.3. The lowest BCUT2D eigenvalue weighted by Gasteiger charge is -1.99. The van der Waals surface area contributed by atoms with Gasteiger partial charge in [-0.3, -0.25) is 14.8 Å². The summed E-state index contributed by atoms with van der Waals surface area (Å²) in [7, 11) is 0. The number of carbonyl (C=O) groups is 1. The van der Waals surface area contributed by atoms with E-state index in [4.69, 9.17) is 0 Å². The highest BCUT2D eigenvalue weighted by molar-refractivity contribution is 5.98. The molecule has 1 fully saturated rings. The highest BCUT2D eigenvalue weighted by atomic mass is 16.1. The number of rotatable bonds is 4. The van der Waals surface area contributed by atoms with Crippen molar-refractivity contribution in [3.63, 3.8) is 0 Å². The predicted molar refractivity (Wildman–Crippen MR) is 111 cm³/mol. The van der Waals surface area contributed by atoms with Crippen LogP contribution in [0.3, 0.4) is 0 Å². The Kier molecular flexibility index (Phi) is 9.21. The van der Waals surface area contributed by atoms with Crippen molar-refractivity contribution in [2.45, 2.75) is 47.0 Å². The summed E-state index contributed by atoms with van der Waals surface area (Å²) in [5, 5.41) is 0. The average Bonchev–Trinajstić information content (AvgIpc) is 3.42. The Morgan fingerprint density at radius 1 is 1.15 bits per heavy atom. The molecule has 2 aromatic rings. The van der Waals surface area contributed by atoms with Gasteiger partial charge in [-0.2, -0.15) is 0 Å². The molecule has 0 amide bonds. The number of ketones is 1. The van der Waals surface area contributed by atoms with E-state index in [0.29, 0.717) is 5.56 Å². The van der Waals surface area contributed by atoms with Crippen LogP contribution >= 0.6 is 0 Å². The van der Waals surface area contributed by atoms with Crippen LogP contribution in [0, 0.1) is 5.92 Å². The molecule has 1 aliphatic carbocycles. The quantitative estimate of drug-likeness (QED) is 0.496. The van der Waals surface area contributed by atoms with Crippen molar-refractivity contribution in [2.75, 3.05) is 0 Å². The Balaban J connectivity index is 0.000000246. The van der Waals surface area contributed by atoms with E-state index in [-0.39, 0.29) is 5.78 Å². The molecule has 0 saturated heterocycles. The van der Waals surface area contributed by atoms with Crippen molar-refractivity contribution in [2.24, 2.45) is 10.9 Å². The van der Waals surface area contributed by atoms with Gasteiger partial charge in [0, 0.05) is 18.0 Å². The van der Waals surface area contributed by atoms with Gasteiger partial charge >= 0.3 is 0 Å². The third kappa shape index (κ3) is 6.75. The van der Waals surface area contributed by atoms with Crippen molar-refractivity contribution in [1.29, 1.82) is 0 Å². The highest BCUT2D eigenvalue weighted by Gasteiger charge is 2.33. The van der Waals surface area contributed by atoms with Gasteiger partial charge in [0.05, 0.1) is 11.4 Å². The molecule has 0 N–H and O–H groups in total. The normalized spacial score (nSPS) is 17.8. The van der Waals surface area contributed by atoms with E-state index in [1.165, 1.54) is 25.1 Å². The number of hydrogen-bond acceptors (Lipinski definition) is 3. The van der Waals surface area contributed by atoms with Crippen LogP contribution in [0.1, 0.15) is 68.6 Å². The zero-order valence-corrected chi connectivity index (χ0v) is 16.6. The second-order valence-corrected chi connectivity index (χ2v) is 6.12. The molecule has 3 nitrogen and oxygen atoms in total. The smallest absolute Gasteiger partial charge is 0.161 e. The van der Waals surface area contributed by atoms with Crippen LogP contribution in [-0.2, 0) is 0 Å². The lowest BCUT2D eigenvalue weighted by Crippen LogP contribution is -2.00. The fourth-order valence-corrected chi connectivity index (χ4v) is 2.51. The number of aromatic nitrogens is 1. The minimum Gasteiger partial charge on any atom is -0.294 e. The van der Waals surface area contributed by atoms with Crippen LogP contribution in [-0.4, -0.2) is 16.5 Å². The molecule has 1 heterocycles. The summed E-state index contributed by atoms with van der Waals surface area (Å²) >= 11 is 0. The summed E-state index contributed by atoms with van der Waals surface area (Å²) in [6.45, 7) is 13.2. The summed E-state index contributed by atoms with van der Waals surface area (Å²) in [5.41, 5.74) is 3.68. The monoisotopic (exact) mass is 350 g/mol. The summed E-state index contributed by atoms with van der Waals surface area (Å²) < 4.78 is 0.